The molecular weight excluding hydrogens is 450 g/mol. The van der Waals surface area contributed by atoms with Crippen LogP contribution in [0, 0.1) is 5.41 Å². The summed E-state index contributed by atoms with van der Waals surface area (Å²) in [6.07, 6.45) is 3.12. The Morgan fingerprint density at radius 2 is 1.94 bits per heavy atom. The van der Waals surface area contributed by atoms with E-state index in [1.165, 1.54) is 18.6 Å². The molecule has 2 unspecified atom stereocenters. The van der Waals surface area contributed by atoms with Crippen LogP contribution in [0.5, 0.6) is 5.75 Å². The molecular formula is C26H35N3O6. The highest BCUT2D eigenvalue weighted by atomic mass is 16.6. The maximum Gasteiger partial charge on any atom is 0.413 e. The molecule has 2 heterocycles. The predicted molar refractivity (Wildman–Crippen MR) is 130 cm³/mol. The fraction of sp³-hybridized carbons (Fsp3) is 0.500. The molecule has 2 N–H and O–H groups in total. The third-order valence-electron chi connectivity index (χ3n) is 5.91. The first-order valence-corrected chi connectivity index (χ1v) is 11.8. The van der Waals surface area contributed by atoms with Gasteiger partial charge in [-0.05, 0) is 44.3 Å². The van der Waals surface area contributed by atoms with Crippen molar-refractivity contribution >= 4 is 17.8 Å². The number of rotatable bonds is 11. The van der Waals surface area contributed by atoms with Crippen LogP contribution in [0.1, 0.15) is 32.3 Å². The molecule has 1 aromatic carbocycles. The van der Waals surface area contributed by atoms with Crippen LogP contribution in [0.2, 0.25) is 0 Å². The summed E-state index contributed by atoms with van der Waals surface area (Å²) in [7, 11) is 3.87. The molecule has 3 atom stereocenters. The van der Waals surface area contributed by atoms with Crippen molar-refractivity contribution in [2.45, 2.75) is 51.3 Å². The number of amides is 2. The molecule has 1 aliphatic rings. The molecule has 1 aromatic heterocycles. The van der Waals surface area contributed by atoms with E-state index in [0.29, 0.717) is 25.8 Å². The second-order valence-electron chi connectivity index (χ2n) is 9.97. The highest BCUT2D eigenvalue weighted by molar-refractivity contribution is 5.94. The van der Waals surface area contributed by atoms with E-state index in [2.05, 4.69) is 10.6 Å². The van der Waals surface area contributed by atoms with E-state index in [1.54, 1.807) is 0 Å². The lowest BCUT2D eigenvalue weighted by molar-refractivity contribution is -0.128. The normalized spacial score (nSPS) is 18.9. The molecule has 0 spiro atoms. The second kappa shape index (κ2) is 12.0. The van der Waals surface area contributed by atoms with Crippen LogP contribution < -0.4 is 15.4 Å². The van der Waals surface area contributed by atoms with Gasteiger partial charge >= 0.3 is 6.09 Å². The zero-order valence-electron chi connectivity index (χ0n) is 20.8. The van der Waals surface area contributed by atoms with Crippen LogP contribution in [0.3, 0.4) is 0 Å². The van der Waals surface area contributed by atoms with E-state index >= 15 is 0 Å². The van der Waals surface area contributed by atoms with Gasteiger partial charge in [0, 0.05) is 12.6 Å². The molecule has 0 radical (unpaired) electrons. The number of ether oxygens (including phenoxy) is 2. The van der Waals surface area contributed by atoms with Crippen molar-refractivity contribution in [1.82, 2.24) is 15.5 Å². The molecule has 190 valence electrons. The Kier molecular flexibility index (Phi) is 9.06. The minimum atomic E-state index is -0.920. The molecule has 1 saturated heterocycles. The quantitative estimate of drug-likeness (QED) is 0.504. The average Bonchev–Trinajstić information content (AvgIpc) is 3.42. The molecule has 0 bridgehead atoms. The molecule has 9 nitrogen and oxygen atoms in total. The summed E-state index contributed by atoms with van der Waals surface area (Å²) >= 11 is 0. The lowest BCUT2D eigenvalue weighted by Crippen LogP contribution is -2.55. The van der Waals surface area contributed by atoms with Gasteiger partial charge in [0.1, 0.15) is 25.0 Å². The topological polar surface area (TPSA) is 110 Å². The van der Waals surface area contributed by atoms with Gasteiger partial charge in [-0.2, -0.15) is 0 Å². The number of benzene rings is 1. The average molecular weight is 486 g/mol. The number of carbonyl (C=O) groups excluding carboxylic acids is 3. The Labute approximate surface area is 206 Å². The Balaban J connectivity index is 1.72. The highest BCUT2D eigenvalue weighted by Gasteiger charge is 2.39. The molecule has 2 aromatic rings. The summed E-state index contributed by atoms with van der Waals surface area (Å²) in [5, 5.41) is 5.51. The zero-order valence-corrected chi connectivity index (χ0v) is 20.8. The molecule has 2 amide bonds. The number of nitrogens with one attached hydrogen (secondary N) is 2. The van der Waals surface area contributed by atoms with Gasteiger partial charge in [-0.3, -0.25) is 9.59 Å². The Hall–Kier alpha value is -3.17. The lowest BCUT2D eigenvalue weighted by Gasteiger charge is -2.30. The third-order valence-corrected chi connectivity index (χ3v) is 5.91. The summed E-state index contributed by atoms with van der Waals surface area (Å²) in [4.78, 5) is 40.4. The maximum atomic E-state index is 13.4. The van der Waals surface area contributed by atoms with Crippen molar-refractivity contribution in [3.05, 3.63) is 54.5 Å². The van der Waals surface area contributed by atoms with Crippen LogP contribution in [0.25, 0.3) is 0 Å². The number of Topliss-reactive ketones (excluding diaryl/α,β-unsaturated/α-hetero) is 1. The van der Waals surface area contributed by atoms with Gasteiger partial charge in [-0.1, -0.05) is 44.2 Å². The van der Waals surface area contributed by atoms with E-state index in [1.807, 2.05) is 63.2 Å². The first kappa shape index (κ1) is 26.4. The standard InChI is InChI=1S/C26H35N3O6/c1-26(2,14-18-8-6-5-7-9-18)15-20(27-25(32)35-19-11-13-33-16-19)24(31)28-23-21(30)17-34-22(23)10-12-29(3)4/h5-9,11,13,16,20,22-23H,10,12,14-15,17H2,1-4H3,(H,27,32)(H,28,31)/t20-,22?,23?/m0/s1. The Bertz CT molecular complexity index is 974. The number of furan rings is 1. The number of nitrogens with zero attached hydrogens (tertiary/aromatic N) is 1. The number of carbonyl (C=O) groups is 3. The summed E-state index contributed by atoms with van der Waals surface area (Å²) < 4.78 is 15.8. The summed E-state index contributed by atoms with van der Waals surface area (Å²) in [6, 6.07) is 9.77. The number of hydrogen-bond donors (Lipinski definition) is 2. The molecule has 1 fully saturated rings. The molecule has 0 aliphatic carbocycles. The Morgan fingerprint density at radius 3 is 2.60 bits per heavy atom. The fourth-order valence-corrected chi connectivity index (χ4v) is 4.22. The van der Waals surface area contributed by atoms with E-state index in [-0.39, 0.29) is 23.6 Å². The van der Waals surface area contributed by atoms with Crippen LogP contribution in [-0.4, -0.2) is 68.1 Å². The summed E-state index contributed by atoms with van der Waals surface area (Å²) in [5.41, 5.74) is 0.785. The van der Waals surface area contributed by atoms with E-state index < -0.39 is 30.2 Å². The Morgan fingerprint density at radius 1 is 1.20 bits per heavy atom. The van der Waals surface area contributed by atoms with E-state index in [9.17, 15) is 14.4 Å². The fourth-order valence-electron chi connectivity index (χ4n) is 4.22. The third kappa shape index (κ3) is 8.22. The predicted octanol–water partition coefficient (Wildman–Crippen LogP) is 2.80. The monoisotopic (exact) mass is 485 g/mol. The molecule has 9 heteroatoms. The summed E-state index contributed by atoms with van der Waals surface area (Å²) in [6.45, 7) is 4.75. The van der Waals surface area contributed by atoms with Gasteiger partial charge in [0.2, 0.25) is 5.91 Å². The van der Waals surface area contributed by atoms with Crippen LogP contribution in [0.15, 0.2) is 53.3 Å². The van der Waals surface area contributed by atoms with Crippen molar-refractivity contribution in [2.24, 2.45) is 5.41 Å². The van der Waals surface area contributed by atoms with Gasteiger partial charge in [-0.15, -0.1) is 0 Å². The molecule has 3 rings (SSSR count). The first-order chi connectivity index (χ1) is 16.6. The smallest absolute Gasteiger partial charge is 0.413 e. The van der Waals surface area contributed by atoms with Gasteiger partial charge in [0.15, 0.2) is 11.5 Å². The van der Waals surface area contributed by atoms with E-state index in [4.69, 9.17) is 13.9 Å². The van der Waals surface area contributed by atoms with Gasteiger partial charge < -0.3 is 29.4 Å². The van der Waals surface area contributed by atoms with Gasteiger partial charge in [0.05, 0.1) is 12.4 Å². The summed E-state index contributed by atoms with van der Waals surface area (Å²) in [5.74, 6) is -0.396. The van der Waals surface area contributed by atoms with Crippen molar-refractivity contribution in [3.63, 3.8) is 0 Å². The largest absolute Gasteiger partial charge is 0.469 e. The van der Waals surface area contributed by atoms with Crippen LogP contribution in [-0.2, 0) is 20.7 Å². The second-order valence-corrected chi connectivity index (χ2v) is 9.97. The van der Waals surface area contributed by atoms with Crippen molar-refractivity contribution in [1.29, 1.82) is 0 Å². The SMILES string of the molecule is CN(C)CCC1OCC(=O)C1NC(=O)[C@H](CC(C)(C)Cc1ccccc1)NC(=O)Oc1ccoc1. The van der Waals surface area contributed by atoms with Crippen molar-refractivity contribution < 1.29 is 28.3 Å². The van der Waals surface area contributed by atoms with Crippen LogP contribution >= 0.6 is 0 Å². The number of hydrogen-bond acceptors (Lipinski definition) is 7. The first-order valence-electron chi connectivity index (χ1n) is 11.8. The lowest BCUT2D eigenvalue weighted by atomic mass is 9.80. The minimum Gasteiger partial charge on any atom is -0.469 e. The van der Waals surface area contributed by atoms with Crippen LogP contribution in [0.4, 0.5) is 4.79 Å². The van der Waals surface area contributed by atoms with E-state index in [0.717, 1.165) is 5.56 Å². The van der Waals surface area contributed by atoms with Gasteiger partial charge in [0.25, 0.3) is 0 Å². The van der Waals surface area contributed by atoms with Crippen molar-refractivity contribution in [2.75, 3.05) is 27.2 Å². The number of ketones is 1. The van der Waals surface area contributed by atoms with Crippen molar-refractivity contribution in [3.8, 4) is 5.75 Å². The highest BCUT2D eigenvalue weighted by Crippen LogP contribution is 2.28. The van der Waals surface area contributed by atoms with Gasteiger partial charge in [-0.25, -0.2) is 4.79 Å². The molecule has 35 heavy (non-hydrogen) atoms. The zero-order chi connectivity index (χ0) is 25.4. The minimum absolute atomic E-state index is 0.0385. The molecule has 1 aliphatic heterocycles. The maximum absolute atomic E-state index is 13.4. The molecule has 0 saturated carbocycles.